The van der Waals surface area contributed by atoms with Gasteiger partial charge >= 0.3 is 5.97 Å². The third-order valence-electron chi connectivity index (χ3n) is 2.73. The van der Waals surface area contributed by atoms with Gasteiger partial charge in [0.05, 0.1) is 18.6 Å². The van der Waals surface area contributed by atoms with Crippen LogP contribution in [0.2, 0.25) is 0 Å². The van der Waals surface area contributed by atoms with E-state index in [-0.39, 0.29) is 12.5 Å². The molecule has 14 heavy (non-hydrogen) atoms. The van der Waals surface area contributed by atoms with Crippen molar-refractivity contribution in [2.75, 3.05) is 0 Å². The van der Waals surface area contributed by atoms with Crippen molar-refractivity contribution in [2.24, 2.45) is 0 Å². The zero-order valence-electron chi connectivity index (χ0n) is 8.87. The van der Waals surface area contributed by atoms with E-state index in [1.54, 1.807) is 0 Å². The lowest BCUT2D eigenvalue weighted by molar-refractivity contribution is -0.139. The fourth-order valence-electron chi connectivity index (χ4n) is 1.96. The van der Waals surface area contributed by atoms with Crippen molar-refractivity contribution in [3.05, 3.63) is 0 Å². The maximum absolute atomic E-state index is 10.4. The van der Waals surface area contributed by atoms with Crippen LogP contribution in [0.4, 0.5) is 0 Å². The van der Waals surface area contributed by atoms with Crippen LogP contribution in [0.1, 0.15) is 51.9 Å². The first-order chi connectivity index (χ1) is 6.72. The van der Waals surface area contributed by atoms with E-state index in [2.05, 4.69) is 6.92 Å². The molecule has 1 rings (SSSR count). The minimum atomic E-state index is -0.746. The van der Waals surface area contributed by atoms with E-state index >= 15 is 0 Å². The molecular formula is C11H20O3. The number of ether oxygens (including phenoxy) is 1. The molecule has 1 aliphatic rings. The van der Waals surface area contributed by atoms with Crippen LogP contribution in [0.15, 0.2) is 0 Å². The van der Waals surface area contributed by atoms with Crippen molar-refractivity contribution < 1.29 is 14.6 Å². The predicted octanol–water partition coefficient (Wildman–Crippen LogP) is 2.59. The SMILES string of the molecule is CCCCCC1CCC(CC(=O)O)O1. The van der Waals surface area contributed by atoms with Crippen LogP contribution in [0.25, 0.3) is 0 Å². The van der Waals surface area contributed by atoms with Gasteiger partial charge in [0.15, 0.2) is 0 Å². The van der Waals surface area contributed by atoms with Gasteiger partial charge in [-0.25, -0.2) is 0 Å². The Hall–Kier alpha value is -0.570. The summed E-state index contributed by atoms with van der Waals surface area (Å²) in [5, 5.41) is 8.59. The summed E-state index contributed by atoms with van der Waals surface area (Å²) in [6.07, 6.45) is 7.22. The predicted molar refractivity (Wildman–Crippen MR) is 54.3 cm³/mol. The molecule has 1 aliphatic heterocycles. The van der Waals surface area contributed by atoms with Gasteiger partial charge in [0.2, 0.25) is 0 Å². The van der Waals surface area contributed by atoms with Gasteiger partial charge in [0.25, 0.3) is 0 Å². The zero-order valence-corrected chi connectivity index (χ0v) is 8.87. The Morgan fingerprint density at radius 3 is 2.71 bits per heavy atom. The van der Waals surface area contributed by atoms with E-state index in [0.29, 0.717) is 6.10 Å². The molecule has 3 nitrogen and oxygen atoms in total. The summed E-state index contributed by atoms with van der Waals surface area (Å²) in [6, 6.07) is 0. The summed E-state index contributed by atoms with van der Waals surface area (Å²) in [5.74, 6) is -0.746. The largest absolute Gasteiger partial charge is 0.481 e. The summed E-state index contributed by atoms with van der Waals surface area (Å²) in [7, 11) is 0. The minimum absolute atomic E-state index is 0.0286. The molecule has 2 unspecified atom stereocenters. The minimum Gasteiger partial charge on any atom is -0.481 e. The van der Waals surface area contributed by atoms with Gasteiger partial charge in [-0.2, -0.15) is 0 Å². The second-order valence-electron chi connectivity index (χ2n) is 4.05. The monoisotopic (exact) mass is 200 g/mol. The summed E-state index contributed by atoms with van der Waals surface area (Å²) >= 11 is 0. The number of carbonyl (C=O) groups is 1. The van der Waals surface area contributed by atoms with Crippen molar-refractivity contribution in [2.45, 2.75) is 64.1 Å². The lowest BCUT2D eigenvalue weighted by Gasteiger charge is -2.11. The van der Waals surface area contributed by atoms with Crippen LogP contribution in [-0.2, 0) is 9.53 Å². The first kappa shape index (κ1) is 11.5. The van der Waals surface area contributed by atoms with Gasteiger partial charge in [-0.05, 0) is 19.3 Å². The highest BCUT2D eigenvalue weighted by molar-refractivity contribution is 5.67. The topological polar surface area (TPSA) is 46.5 Å². The number of rotatable bonds is 6. The molecule has 0 bridgehead atoms. The summed E-state index contributed by atoms with van der Waals surface area (Å²) in [4.78, 5) is 10.4. The van der Waals surface area contributed by atoms with E-state index in [9.17, 15) is 4.79 Å². The highest BCUT2D eigenvalue weighted by atomic mass is 16.5. The maximum atomic E-state index is 10.4. The normalized spacial score (nSPS) is 26.6. The van der Waals surface area contributed by atoms with Gasteiger partial charge in [-0.3, -0.25) is 4.79 Å². The van der Waals surface area contributed by atoms with E-state index in [1.807, 2.05) is 0 Å². The molecule has 0 spiro atoms. The number of carboxylic acid groups (broad SMARTS) is 1. The van der Waals surface area contributed by atoms with Crippen LogP contribution in [0.5, 0.6) is 0 Å². The van der Waals surface area contributed by atoms with Crippen molar-refractivity contribution in [3.63, 3.8) is 0 Å². The maximum Gasteiger partial charge on any atom is 0.305 e. The molecule has 0 aromatic heterocycles. The Labute approximate surface area is 85.5 Å². The molecule has 2 atom stereocenters. The van der Waals surface area contributed by atoms with E-state index < -0.39 is 5.97 Å². The van der Waals surface area contributed by atoms with Crippen LogP contribution in [0.3, 0.4) is 0 Å². The molecule has 0 aromatic rings. The molecule has 0 aliphatic carbocycles. The number of aliphatic carboxylic acids is 1. The standard InChI is InChI=1S/C11H20O3/c1-2-3-4-5-9-6-7-10(14-9)8-11(12)13/h9-10H,2-8H2,1H3,(H,12,13). The molecular weight excluding hydrogens is 180 g/mol. The molecule has 82 valence electrons. The molecule has 1 fully saturated rings. The summed E-state index contributed by atoms with van der Waals surface area (Å²) in [5.41, 5.74) is 0. The number of hydrogen-bond donors (Lipinski definition) is 1. The van der Waals surface area contributed by atoms with Crippen LogP contribution >= 0.6 is 0 Å². The zero-order chi connectivity index (χ0) is 10.4. The molecule has 0 amide bonds. The van der Waals surface area contributed by atoms with Crippen LogP contribution in [0, 0.1) is 0 Å². The Kier molecular flexibility index (Phi) is 4.94. The molecule has 3 heteroatoms. The van der Waals surface area contributed by atoms with Crippen molar-refractivity contribution in [3.8, 4) is 0 Å². The van der Waals surface area contributed by atoms with Gasteiger partial charge in [-0.1, -0.05) is 26.2 Å². The third kappa shape index (κ3) is 4.09. The molecule has 1 heterocycles. The quantitative estimate of drug-likeness (QED) is 0.670. The van der Waals surface area contributed by atoms with Crippen molar-refractivity contribution in [1.29, 1.82) is 0 Å². The fourth-order valence-corrected chi connectivity index (χ4v) is 1.96. The average molecular weight is 200 g/mol. The Morgan fingerprint density at radius 2 is 2.07 bits per heavy atom. The number of hydrogen-bond acceptors (Lipinski definition) is 2. The van der Waals surface area contributed by atoms with Gasteiger partial charge in [-0.15, -0.1) is 0 Å². The first-order valence-electron chi connectivity index (χ1n) is 5.59. The lowest BCUT2D eigenvalue weighted by Crippen LogP contribution is -2.14. The van der Waals surface area contributed by atoms with E-state index in [0.717, 1.165) is 19.3 Å². The number of carboxylic acids is 1. The smallest absolute Gasteiger partial charge is 0.305 e. The van der Waals surface area contributed by atoms with Crippen LogP contribution in [-0.4, -0.2) is 23.3 Å². The molecule has 0 aromatic carbocycles. The summed E-state index contributed by atoms with van der Waals surface area (Å²) < 4.78 is 5.64. The van der Waals surface area contributed by atoms with E-state index in [1.165, 1.54) is 19.3 Å². The highest BCUT2D eigenvalue weighted by Crippen LogP contribution is 2.25. The average Bonchev–Trinajstić information content (AvgIpc) is 2.52. The molecule has 1 saturated heterocycles. The molecule has 0 radical (unpaired) electrons. The van der Waals surface area contributed by atoms with Gasteiger partial charge in [0.1, 0.15) is 0 Å². The molecule has 0 saturated carbocycles. The Balaban J connectivity index is 2.11. The Bertz CT molecular complexity index is 179. The fraction of sp³-hybridized carbons (Fsp3) is 0.909. The van der Waals surface area contributed by atoms with Gasteiger partial charge in [0, 0.05) is 0 Å². The highest BCUT2D eigenvalue weighted by Gasteiger charge is 2.26. The van der Waals surface area contributed by atoms with Crippen molar-refractivity contribution in [1.82, 2.24) is 0 Å². The number of unbranched alkanes of at least 4 members (excludes halogenated alkanes) is 2. The summed E-state index contributed by atoms with van der Waals surface area (Å²) in [6.45, 7) is 2.18. The second-order valence-corrected chi connectivity index (χ2v) is 4.05. The third-order valence-corrected chi connectivity index (χ3v) is 2.73. The molecule has 1 N–H and O–H groups in total. The van der Waals surface area contributed by atoms with Gasteiger partial charge < -0.3 is 9.84 Å². The van der Waals surface area contributed by atoms with E-state index in [4.69, 9.17) is 9.84 Å². The Morgan fingerprint density at radius 1 is 1.36 bits per heavy atom. The first-order valence-corrected chi connectivity index (χ1v) is 5.59. The van der Waals surface area contributed by atoms with Crippen molar-refractivity contribution >= 4 is 5.97 Å². The van der Waals surface area contributed by atoms with Crippen LogP contribution < -0.4 is 0 Å². The second kappa shape index (κ2) is 6.02. The lowest BCUT2D eigenvalue weighted by atomic mass is 10.1.